The summed E-state index contributed by atoms with van der Waals surface area (Å²) in [5.41, 5.74) is 0.448. The number of fused-ring (bicyclic) bond motifs is 1. The summed E-state index contributed by atoms with van der Waals surface area (Å²) in [6.07, 6.45) is 5.19. The zero-order valence-corrected chi connectivity index (χ0v) is 8.71. The maximum absolute atomic E-state index is 11.4. The highest BCUT2D eigenvalue weighted by Crippen LogP contribution is 2.16. The predicted molar refractivity (Wildman–Crippen MR) is 56.6 cm³/mol. The van der Waals surface area contributed by atoms with Gasteiger partial charge in [-0.3, -0.25) is 4.79 Å². The zero-order chi connectivity index (χ0) is 10.1. The van der Waals surface area contributed by atoms with Crippen LogP contribution in [-0.4, -0.2) is 20.8 Å². The molecule has 2 aromatic heterocycles. The third-order valence-corrected chi connectivity index (χ3v) is 2.68. The number of aromatic nitrogens is 3. The van der Waals surface area contributed by atoms with Crippen molar-refractivity contribution in [3.05, 3.63) is 28.9 Å². The maximum Gasteiger partial charge on any atom is 0.282 e. The van der Waals surface area contributed by atoms with Gasteiger partial charge < -0.3 is 4.57 Å². The molecule has 0 unspecified atom stereocenters. The first-order valence-electron chi connectivity index (χ1n) is 4.08. The summed E-state index contributed by atoms with van der Waals surface area (Å²) in [6.45, 7) is 0. The van der Waals surface area contributed by atoms with Crippen molar-refractivity contribution in [1.82, 2.24) is 14.5 Å². The molecule has 0 aliphatic heterocycles. The number of thioether (sulfide) groups is 1. The lowest BCUT2D eigenvalue weighted by Crippen LogP contribution is -2.11. The van der Waals surface area contributed by atoms with Gasteiger partial charge in [-0.2, -0.15) is 4.98 Å². The fourth-order valence-electron chi connectivity index (χ4n) is 1.25. The summed E-state index contributed by atoms with van der Waals surface area (Å²) < 4.78 is 1.74. The Kier molecular flexibility index (Phi) is 2.25. The molecular formula is C9H9N3OS. The molecule has 2 heterocycles. The molecule has 0 fully saturated rings. The van der Waals surface area contributed by atoms with Gasteiger partial charge in [0.05, 0.1) is 5.39 Å². The normalized spacial score (nSPS) is 10.7. The summed E-state index contributed by atoms with van der Waals surface area (Å²) in [6, 6.07) is 1.82. The van der Waals surface area contributed by atoms with E-state index in [1.807, 2.05) is 19.4 Å². The smallest absolute Gasteiger partial charge is 0.282 e. The minimum absolute atomic E-state index is 0.221. The van der Waals surface area contributed by atoms with Gasteiger partial charge >= 0.3 is 0 Å². The average molecular weight is 207 g/mol. The van der Waals surface area contributed by atoms with E-state index in [-0.39, 0.29) is 5.56 Å². The Bertz CT molecular complexity index is 535. The largest absolute Gasteiger partial charge is 0.319 e. The molecule has 5 heteroatoms. The minimum Gasteiger partial charge on any atom is -0.319 e. The van der Waals surface area contributed by atoms with Gasteiger partial charge in [0, 0.05) is 18.1 Å². The van der Waals surface area contributed by atoms with Gasteiger partial charge in [0.25, 0.3) is 5.56 Å². The second kappa shape index (κ2) is 3.42. The van der Waals surface area contributed by atoms with Crippen LogP contribution in [0.1, 0.15) is 0 Å². The van der Waals surface area contributed by atoms with Gasteiger partial charge in [-0.25, -0.2) is 4.98 Å². The highest BCUT2D eigenvalue weighted by atomic mass is 32.2. The molecule has 0 aliphatic carbocycles. The molecule has 0 radical (unpaired) electrons. The Hall–Kier alpha value is -1.36. The molecule has 0 aliphatic rings. The monoisotopic (exact) mass is 207 g/mol. The number of pyridine rings is 1. The molecule has 2 aromatic rings. The number of hydrogen-bond acceptors (Lipinski definition) is 4. The molecule has 0 amide bonds. The Morgan fingerprint density at radius 3 is 2.93 bits per heavy atom. The van der Waals surface area contributed by atoms with Crippen molar-refractivity contribution in [2.24, 2.45) is 7.05 Å². The lowest BCUT2D eigenvalue weighted by molar-refractivity contribution is 0.881. The lowest BCUT2D eigenvalue weighted by Gasteiger charge is -2.03. The van der Waals surface area contributed by atoms with Gasteiger partial charge in [-0.05, 0) is 12.3 Å². The topological polar surface area (TPSA) is 47.8 Å². The molecule has 0 atom stereocenters. The summed E-state index contributed by atoms with van der Waals surface area (Å²) in [5.74, 6) is 0. The van der Waals surface area contributed by atoms with Crippen molar-refractivity contribution in [2.75, 3.05) is 6.26 Å². The third-order valence-electron chi connectivity index (χ3n) is 1.99. The van der Waals surface area contributed by atoms with Crippen molar-refractivity contribution in [3.8, 4) is 0 Å². The van der Waals surface area contributed by atoms with Crippen molar-refractivity contribution in [2.45, 2.75) is 4.90 Å². The molecule has 0 saturated heterocycles. The van der Waals surface area contributed by atoms with Crippen LogP contribution in [0.5, 0.6) is 0 Å². The van der Waals surface area contributed by atoms with E-state index in [1.54, 1.807) is 22.5 Å². The summed E-state index contributed by atoms with van der Waals surface area (Å²) in [5, 5.41) is 0.571. The predicted octanol–water partition coefficient (Wildman–Crippen LogP) is 1.05. The first-order valence-corrected chi connectivity index (χ1v) is 5.30. The molecule has 0 N–H and O–H groups in total. The molecule has 14 heavy (non-hydrogen) atoms. The van der Waals surface area contributed by atoms with Gasteiger partial charge in [-0.15, -0.1) is 11.8 Å². The van der Waals surface area contributed by atoms with E-state index < -0.39 is 0 Å². The van der Waals surface area contributed by atoms with E-state index >= 15 is 0 Å². The summed E-state index contributed by atoms with van der Waals surface area (Å²) in [4.78, 5) is 20.4. The number of rotatable bonds is 1. The van der Waals surface area contributed by atoms with Crippen LogP contribution in [0.25, 0.3) is 11.0 Å². The number of hydrogen-bond donors (Lipinski definition) is 0. The standard InChI is InChI=1S/C9H9N3OS/c1-12-5-11-9(13)7-3-6(14-2)4-10-8(7)12/h3-5H,1-2H3. The average Bonchev–Trinajstić information content (AvgIpc) is 2.23. The Morgan fingerprint density at radius 2 is 2.21 bits per heavy atom. The zero-order valence-electron chi connectivity index (χ0n) is 7.89. The van der Waals surface area contributed by atoms with E-state index in [0.717, 1.165) is 4.90 Å². The van der Waals surface area contributed by atoms with Gasteiger partial charge in [0.1, 0.15) is 12.0 Å². The highest BCUT2D eigenvalue weighted by molar-refractivity contribution is 7.98. The molecule has 72 valence electrons. The molecule has 0 spiro atoms. The van der Waals surface area contributed by atoms with E-state index in [9.17, 15) is 4.79 Å². The van der Waals surface area contributed by atoms with Gasteiger partial charge in [0.2, 0.25) is 0 Å². The van der Waals surface area contributed by atoms with E-state index in [4.69, 9.17) is 0 Å². The van der Waals surface area contributed by atoms with Crippen molar-refractivity contribution in [3.63, 3.8) is 0 Å². The van der Waals surface area contributed by atoms with Crippen LogP contribution in [0, 0.1) is 0 Å². The minimum atomic E-state index is -0.221. The van der Waals surface area contributed by atoms with E-state index in [0.29, 0.717) is 11.0 Å². The number of aryl methyl sites for hydroxylation is 1. The van der Waals surface area contributed by atoms with Crippen LogP contribution in [0.2, 0.25) is 0 Å². The van der Waals surface area contributed by atoms with Crippen LogP contribution in [0.3, 0.4) is 0 Å². The summed E-state index contributed by atoms with van der Waals surface area (Å²) >= 11 is 1.56. The van der Waals surface area contributed by atoms with E-state index in [2.05, 4.69) is 9.97 Å². The Morgan fingerprint density at radius 1 is 1.43 bits per heavy atom. The van der Waals surface area contributed by atoms with Crippen molar-refractivity contribution < 1.29 is 0 Å². The molecule has 4 nitrogen and oxygen atoms in total. The fourth-order valence-corrected chi connectivity index (χ4v) is 1.65. The quantitative estimate of drug-likeness (QED) is 0.656. The maximum atomic E-state index is 11.4. The van der Waals surface area contributed by atoms with Crippen molar-refractivity contribution in [1.29, 1.82) is 0 Å². The third kappa shape index (κ3) is 1.39. The van der Waals surface area contributed by atoms with Crippen LogP contribution in [-0.2, 0) is 7.05 Å². The van der Waals surface area contributed by atoms with Crippen LogP contribution in [0.15, 0.2) is 28.3 Å². The van der Waals surface area contributed by atoms with Gasteiger partial charge in [0.15, 0.2) is 0 Å². The SMILES string of the molecule is CSc1cnc2c(c1)c(=O)ncn2C. The first-order chi connectivity index (χ1) is 6.72. The molecule has 2 rings (SSSR count). The molecular weight excluding hydrogens is 198 g/mol. The first kappa shape index (κ1) is 9.21. The fraction of sp³-hybridized carbons (Fsp3) is 0.222. The molecule has 0 aromatic carbocycles. The molecule has 0 saturated carbocycles. The second-order valence-corrected chi connectivity index (χ2v) is 3.79. The lowest BCUT2D eigenvalue weighted by atomic mass is 10.3. The van der Waals surface area contributed by atoms with Crippen LogP contribution >= 0.6 is 11.8 Å². The Balaban J connectivity index is 2.87. The molecule has 0 bridgehead atoms. The Labute approximate surface area is 85.0 Å². The van der Waals surface area contributed by atoms with Crippen molar-refractivity contribution >= 4 is 22.8 Å². The van der Waals surface area contributed by atoms with Gasteiger partial charge in [-0.1, -0.05) is 0 Å². The highest BCUT2D eigenvalue weighted by Gasteiger charge is 2.03. The van der Waals surface area contributed by atoms with Crippen LogP contribution in [0.4, 0.5) is 0 Å². The summed E-state index contributed by atoms with van der Waals surface area (Å²) in [7, 11) is 1.82. The second-order valence-electron chi connectivity index (χ2n) is 2.91. The van der Waals surface area contributed by atoms with E-state index in [1.165, 1.54) is 6.33 Å². The number of nitrogens with zero attached hydrogens (tertiary/aromatic N) is 3. The van der Waals surface area contributed by atoms with Crippen LogP contribution < -0.4 is 5.56 Å².